The summed E-state index contributed by atoms with van der Waals surface area (Å²) in [6.45, 7) is 1.83. The number of carbonyl (C=O) groups excluding carboxylic acids is 4. The first-order valence-electron chi connectivity index (χ1n) is 15.0. The molecule has 0 radical (unpaired) electrons. The van der Waals surface area contributed by atoms with Gasteiger partial charge in [-0.3, -0.25) is 19.3 Å². The Hall–Kier alpha value is -4.60. The highest BCUT2D eigenvalue weighted by Crippen LogP contribution is 2.35. The maximum absolute atomic E-state index is 14.0. The highest BCUT2D eigenvalue weighted by atomic mass is 16.7. The predicted molar refractivity (Wildman–Crippen MR) is 159 cm³/mol. The number of urea groups is 1. The molecule has 2 aromatic rings. The van der Waals surface area contributed by atoms with Crippen molar-refractivity contribution >= 4 is 29.4 Å². The van der Waals surface area contributed by atoms with Crippen LogP contribution in [0.5, 0.6) is 11.5 Å². The van der Waals surface area contributed by atoms with Crippen LogP contribution in [0.15, 0.2) is 65.8 Å². The Bertz CT molecular complexity index is 1510. The van der Waals surface area contributed by atoms with Gasteiger partial charge in [0.05, 0.1) is 12.6 Å². The quantitative estimate of drug-likeness (QED) is 0.474. The number of amides is 5. The standard InChI is InChI=1S/C33H36N4O6/c1-2-22-8-6-7-11-26(22)35-30(38)19-36-27-17-23(31(39)34-24-9-4-3-5-10-24)13-14-25(27)32(40)37(33(36)41)18-21-12-15-28-29(16-21)43-20-42-28/h6-8,11-16,24,27H,2-5,9-10,17-20H2,1H3,(H,34,39)(H,35,38). The summed E-state index contributed by atoms with van der Waals surface area (Å²) in [5.41, 5.74) is 3.20. The molecule has 2 N–H and O–H groups in total. The van der Waals surface area contributed by atoms with Crippen LogP contribution in [0.25, 0.3) is 0 Å². The van der Waals surface area contributed by atoms with Gasteiger partial charge in [0.15, 0.2) is 11.5 Å². The number of anilines is 1. The van der Waals surface area contributed by atoms with E-state index in [0.717, 1.165) is 42.6 Å². The van der Waals surface area contributed by atoms with Gasteiger partial charge >= 0.3 is 6.03 Å². The van der Waals surface area contributed by atoms with Crippen LogP contribution in [0.1, 0.15) is 56.6 Å². The second-order valence-corrected chi connectivity index (χ2v) is 11.4. The van der Waals surface area contributed by atoms with Crippen molar-refractivity contribution < 1.29 is 28.7 Å². The number of rotatable bonds is 8. The fourth-order valence-electron chi connectivity index (χ4n) is 6.24. The summed E-state index contributed by atoms with van der Waals surface area (Å²) in [7, 11) is 0. The molecular weight excluding hydrogens is 548 g/mol. The van der Waals surface area contributed by atoms with Gasteiger partial charge in [0, 0.05) is 29.3 Å². The normalized spacial score (nSPS) is 19.9. The van der Waals surface area contributed by atoms with Gasteiger partial charge in [0.1, 0.15) is 6.54 Å². The molecule has 4 aliphatic rings. The van der Waals surface area contributed by atoms with Crippen LogP contribution in [0, 0.1) is 0 Å². The number of hydrogen-bond donors (Lipinski definition) is 2. The molecule has 2 heterocycles. The van der Waals surface area contributed by atoms with Gasteiger partial charge in [-0.25, -0.2) is 4.79 Å². The molecule has 1 unspecified atom stereocenters. The van der Waals surface area contributed by atoms with Crippen molar-refractivity contribution in [3.8, 4) is 11.5 Å². The summed E-state index contributed by atoms with van der Waals surface area (Å²) in [6.07, 6.45) is 9.42. The molecule has 10 heteroatoms. The lowest BCUT2D eigenvalue weighted by atomic mass is 9.88. The van der Waals surface area contributed by atoms with Crippen LogP contribution in [0.3, 0.4) is 0 Å². The molecule has 6 rings (SSSR count). The molecule has 224 valence electrons. The predicted octanol–water partition coefficient (Wildman–Crippen LogP) is 4.45. The third-order valence-electron chi connectivity index (χ3n) is 8.58. The lowest BCUT2D eigenvalue weighted by molar-refractivity contribution is -0.129. The highest BCUT2D eigenvalue weighted by Gasteiger charge is 2.45. The molecule has 0 spiro atoms. The first-order chi connectivity index (χ1) is 20.9. The number of imide groups is 1. The van der Waals surface area contributed by atoms with Crippen molar-refractivity contribution in [3.63, 3.8) is 0 Å². The summed E-state index contributed by atoms with van der Waals surface area (Å²) in [4.78, 5) is 56.9. The topological polar surface area (TPSA) is 117 Å². The lowest BCUT2D eigenvalue weighted by Gasteiger charge is -2.42. The fourth-order valence-corrected chi connectivity index (χ4v) is 6.24. The Morgan fingerprint density at radius 3 is 2.58 bits per heavy atom. The Labute approximate surface area is 250 Å². The van der Waals surface area contributed by atoms with Gasteiger partial charge in [0.2, 0.25) is 18.6 Å². The summed E-state index contributed by atoms with van der Waals surface area (Å²) >= 11 is 0. The van der Waals surface area contributed by atoms with Gasteiger partial charge in [-0.2, -0.15) is 0 Å². The summed E-state index contributed by atoms with van der Waals surface area (Å²) in [6, 6.07) is 11.6. The van der Waals surface area contributed by atoms with Crippen LogP contribution in [0.4, 0.5) is 10.5 Å². The minimum atomic E-state index is -0.739. The molecule has 0 bridgehead atoms. The van der Waals surface area contributed by atoms with Crippen molar-refractivity contribution in [2.75, 3.05) is 18.7 Å². The molecule has 1 atom stereocenters. The number of carbonyl (C=O) groups is 4. The van der Waals surface area contributed by atoms with Gasteiger partial charge < -0.3 is 25.0 Å². The lowest BCUT2D eigenvalue weighted by Crippen LogP contribution is -2.60. The van der Waals surface area contributed by atoms with Gasteiger partial charge in [-0.05, 0) is 48.6 Å². The third kappa shape index (κ3) is 6.00. The van der Waals surface area contributed by atoms with E-state index in [-0.39, 0.29) is 44.2 Å². The molecule has 2 aliphatic heterocycles. The van der Waals surface area contributed by atoms with Crippen LogP contribution in [-0.2, 0) is 27.3 Å². The second-order valence-electron chi connectivity index (χ2n) is 11.4. The first kappa shape index (κ1) is 28.5. The number of allylic oxidation sites excluding steroid dienone is 2. The van der Waals surface area contributed by atoms with Crippen LogP contribution < -0.4 is 20.1 Å². The molecule has 2 aliphatic carbocycles. The monoisotopic (exact) mass is 584 g/mol. The number of fused-ring (bicyclic) bond motifs is 2. The van der Waals surface area contributed by atoms with Gasteiger partial charge in [-0.1, -0.05) is 62.6 Å². The average molecular weight is 585 g/mol. The number of nitrogens with one attached hydrogen (secondary N) is 2. The zero-order valence-electron chi connectivity index (χ0n) is 24.3. The number of ether oxygens (including phenoxy) is 2. The Morgan fingerprint density at radius 2 is 1.77 bits per heavy atom. The largest absolute Gasteiger partial charge is 0.454 e. The van der Waals surface area contributed by atoms with Crippen LogP contribution >= 0.6 is 0 Å². The maximum Gasteiger partial charge on any atom is 0.328 e. The van der Waals surface area contributed by atoms with Crippen molar-refractivity contribution in [1.82, 2.24) is 15.1 Å². The SMILES string of the molecule is CCc1ccccc1NC(=O)CN1C(=O)N(Cc2ccc3c(c2)OCO3)C(=O)C2=CC=C(C(=O)NC3CCCCC3)CC21. The maximum atomic E-state index is 14.0. The minimum absolute atomic E-state index is 0.00606. The van der Waals surface area contributed by atoms with E-state index in [4.69, 9.17) is 9.47 Å². The van der Waals surface area contributed by atoms with Crippen LogP contribution in [0.2, 0.25) is 0 Å². The van der Waals surface area contributed by atoms with Gasteiger partial charge in [-0.15, -0.1) is 0 Å². The van der Waals surface area contributed by atoms with E-state index in [2.05, 4.69) is 10.6 Å². The van der Waals surface area contributed by atoms with Crippen molar-refractivity contribution in [3.05, 3.63) is 76.9 Å². The van der Waals surface area contributed by atoms with Crippen LogP contribution in [-0.4, -0.2) is 59.0 Å². The van der Waals surface area contributed by atoms with E-state index in [9.17, 15) is 19.2 Å². The van der Waals surface area contributed by atoms with Crippen molar-refractivity contribution in [1.29, 1.82) is 0 Å². The third-order valence-corrected chi connectivity index (χ3v) is 8.58. The van der Waals surface area contributed by atoms with Crippen molar-refractivity contribution in [2.45, 2.75) is 70.5 Å². The zero-order valence-corrected chi connectivity index (χ0v) is 24.3. The smallest absolute Gasteiger partial charge is 0.328 e. The number of benzene rings is 2. The van der Waals surface area contributed by atoms with E-state index in [1.165, 1.54) is 11.3 Å². The van der Waals surface area contributed by atoms with Gasteiger partial charge in [0.25, 0.3) is 5.91 Å². The average Bonchev–Trinajstić information content (AvgIpc) is 3.50. The van der Waals surface area contributed by atoms with E-state index in [1.807, 2.05) is 31.2 Å². The van der Waals surface area contributed by atoms with E-state index >= 15 is 0 Å². The highest BCUT2D eigenvalue weighted by molar-refractivity contribution is 6.10. The molecule has 2 aromatic carbocycles. The minimum Gasteiger partial charge on any atom is -0.454 e. The number of para-hydroxylation sites is 1. The molecule has 10 nitrogen and oxygen atoms in total. The van der Waals surface area contributed by atoms with E-state index < -0.39 is 18.0 Å². The molecule has 5 amide bonds. The van der Waals surface area contributed by atoms with E-state index in [0.29, 0.717) is 33.9 Å². The summed E-state index contributed by atoms with van der Waals surface area (Å²) in [5.74, 6) is 0.139. The fraction of sp³-hybridized carbons (Fsp3) is 0.394. The summed E-state index contributed by atoms with van der Waals surface area (Å²) in [5, 5.41) is 6.07. The Morgan fingerprint density at radius 1 is 0.977 bits per heavy atom. The Kier molecular flexibility index (Phi) is 8.18. The zero-order chi connectivity index (χ0) is 29.9. The molecule has 1 saturated heterocycles. The van der Waals surface area contributed by atoms with E-state index in [1.54, 1.807) is 30.4 Å². The number of aryl methyl sites for hydroxylation is 1. The molecule has 2 fully saturated rings. The molecule has 0 aromatic heterocycles. The second kappa shape index (κ2) is 12.3. The summed E-state index contributed by atoms with van der Waals surface area (Å²) < 4.78 is 10.9. The Balaban J connectivity index is 1.26. The first-order valence-corrected chi connectivity index (χ1v) is 15.0. The molecular formula is C33H36N4O6. The number of hydrogen-bond acceptors (Lipinski definition) is 6. The van der Waals surface area contributed by atoms with Crippen molar-refractivity contribution in [2.24, 2.45) is 0 Å². The molecule has 43 heavy (non-hydrogen) atoms. The molecule has 1 saturated carbocycles. The number of nitrogens with zero attached hydrogens (tertiary/aromatic N) is 2.